The molecule has 2 nitrogen and oxygen atoms in total. The highest BCUT2D eigenvalue weighted by Crippen LogP contribution is 2.19. The molecule has 0 saturated heterocycles. The fraction of sp³-hybridized carbons (Fsp3) is 0.200. The number of hydrogen-bond donors (Lipinski definition) is 2. The number of benzene rings is 1. The fourth-order valence-corrected chi connectivity index (χ4v) is 1.55. The molecule has 0 saturated carbocycles. The summed E-state index contributed by atoms with van der Waals surface area (Å²) in [5.74, 6) is 0. The first kappa shape index (κ1) is 13.3. The zero-order chi connectivity index (χ0) is 11.1. The summed E-state index contributed by atoms with van der Waals surface area (Å²) in [5.41, 5.74) is 11.5. The largest absolute Gasteiger partial charge is 0.402 e. The van der Waals surface area contributed by atoms with Gasteiger partial charge in [0.25, 0.3) is 0 Å². The monoisotopic (exact) mass is 232 g/mol. The minimum absolute atomic E-state index is 0.605. The van der Waals surface area contributed by atoms with Crippen molar-refractivity contribution >= 4 is 23.2 Å². The van der Waals surface area contributed by atoms with Gasteiger partial charge in [-0.25, -0.2) is 0 Å². The van der Waals surface area contributed by atoms with Crippen LogP contribution in [0.4, 0.5) is 0 Å². The van der Waals surface area contributed by atoms with Gasteiger partial charge in [-0.1, -0.05) is 29.8 Å². The van der Waals surface area contributed by atoms with Crippen LogP contribution in [0, 0.1) is 0 Å². The van der Waals surface area contributed by atoms with E-state index >= 15 is 0 Å². The molecule has 0 aliphatic rings. The Balaban J connectivity index is 0.000000791. The summed E-state index contributed by atoms with van der Waals surface area (Å²) < 4.78 is 0. The van der Waals surface area contributed by atoms with Crippen LogP contribution in [0.5, 0.6) is 0 Å². The van der Waals surface area contributed by atoms with Crippen LogP contribution in [-0.4, -0.2) is 7.05 Å². The van der Waals surface area contributed by atoms with E-state index in [0.29, 0.717) is 22.2 Å². The highest BCUT2D eigenvalue weighted by atomic mass is 35.5. The van der Waals surface area contributed by atoms with E-state index < -0.39 is 0 Å². The van der Waals surface area contributed by atoms with Crippen LogP contribution in [0.3, 0.4) is 0 Å². The molecule has 1 aromatic rings. The summed E-state index contributed by atoms with van der Waals surface area (Å²) in [6.07, 6.45) is 0.611. The van der Waals surface area contributed by atoms with Crippen molar-refractivity contribution in [2.24, 2.45) is 11.5 Å². The lowest BCUT2D eigenvalue weighted by Crippen LogP contribution is -1.98. The molecule has 14 heavy (non-hydrogen) atoms. The zero-order valence-electron chi connectivity index (χ0n) is 8.06. The number of allylic oxidation sites excluding steroid dienone is 1. The highest BCUT2D eigenvalue weighted by molar-refractivity contribution is 6.34. The molecule has 4 N–H and O–H groups in total. The molecule has 1 rings (SSSR count). The molecule has 1 aromatic carbocycles. The topological polar surface area (TPSA) is 52.0 Å². The van der Waals surface area contributed by atoms with E-state index in [-0.39, 0.29) is 0 Å². The maximum absolute atomic E-state index is 5.78. The van der Waals surface area contributed by atoms with E-state index in [1.165, 1.54) is 7.05 Å². The normalized spacial score (nSPS) is 8.86. The van der Waals surface area contributed by atoms with Crippen molar-refractivity contribution in [1.82, 2.24) is 0 Å². The molecule has 0 aliphatic carbocycles. The van der Waals surface area contributed by atoms with Crippen molar-refractivity contribution in [1.29, 1.82) is 0 Å². The Kier molecular flexibility index (Phi) is 6.37. The molecule has 0 atom stereocenters. The Labute approximate surface area is 94.5 Å². The third kappa shape index (κ3) is 5.12. The number of nitrogens with two attached hydrogens (primary N) is 2. The third-order valence-corrected chi connectivity index (χ3v) is 1.79. The lowest BCUT2D eigenvalue weighted by molar-refractivity contribution is 1.12. The van der Waals surface area contributed by atoms with Gasteiger partial charge in [-0.2, -0.15) is 0 Å². The Morgan fingerprint density at radius 3 is 2.00 bits per heavy atom. The van der Waals surface area contributed by atoms with E-state index in [4.69, 9.17) is 28.9 Å². The lowest BCUT2D eigenvalue weighted by atomic mass is 10.1. The van der Waals surface area contributed by atoms with Gasteiger partial charge in [-0.15, -0.1) is 0 Å². The maximum atomic E-state index is 5.78. The second-order valence-electron chi connectivity index (χ2n) is 2.61. The van der Waals surface area contributed by atoms with Crippen LogP contribution in [0.1, 0.15) is 5.56 Å². The first-order chi connectivity index (χ1) is 6.58. The van der Waals surface area contributed by atoms with Gasteiger partial charge in [0.2, 0.25) is 0 Å². The van der Waals surface area contributed by atoms with Crippen molar-refractivity contribution in [2.45, 2.75) is 6.42 Å². The van der Waals surface area contributed by atoms with Crippen molar-refractivity contribution in [3.8, 4) is 0 Å². The minimum Gasteiger partial charge on any atom is -0.402 e. The fourth-order valence-electron chi connectivity index (χ4n) is 0.975. The summed E-state index contributed by atoms with van der Waals surface area (Å²) in [5, 5.41) is 1.25. The second kappa shape index (κ2) is 6.71. The predicted octanol–water partition coefficient (Wildman–Crippen LogP) is 2.58. The number of halogens is 2. The molecule has 0 bridgehead atoms. The van der Waals surface area contributed by atoms with Crippen LogP contribution in [0.25, 0.3) is 0 Å². The Bertz CT molecular complexity index is 291. The van der Waals surface area contributed by atoms with Crippen molar-refractivity contribution in [3.63, 3.8) is 0 Å². The van der Waals surface area contributed by atoms with Gasteiger partial charge in [0.15, 0.2) is 0 Å². The minimum atomic E-state index is 0.605. The van der Waals surface area contributed by atoms with E-state index in [2.05, 4.69) is 12.3 Å². The summed E-state index contributed by atoms with van der Waals surface area (Å²) in [4.78, 5) is 0. The molecular formula is C10H14Cl2N2. The van der Waals surface area contributed by atoms with Gasteiger partial charge >= 0.3 is 0 Å². The average molecular weight is 233 g/mol. The van der Waals surface area contributed by atoms with Gasteiger partial charge in [0.1, 0.15) is 0 Å². The van der Waals surface area contributed by atoms with E-state index in [0.717, 1.165) is 5.56 Å². The third-order valence-electron chi connectivity index (χ3n) is 1.35. The summed E-state index contributed by atoms with van der Waals surface area (Å²) in [7, 11) is 1.50. The van der Waals surface area contributed by atoms with Crippen LogP contribution >= 0.6 is 23.2 Å². The predicted molar refractivity (Wildman–Crippen MR) is 63.6 cm³/mol. The SMILES string of the molecule is C=C(N)Cc1cc(Cl)cc(Cl)c1.CN. The van der Waals surface area contributed by atoms with Gasteiger partial charge in [-0.05, 0) is 30.8 Å². The second-order valence-corrected chi connectivity index (χ2v) is 3.49. The van der Waals surface area contributed by atoms with Gasteiger partial charge in [-0.3, -0.25) is 0 Å². The molecule has 0 radical (unpaired) electrons. The van der Waals surface area contributed by atoms with Crippen molar-refractivity contribution < 1.29 is 0 Å². The Morgan fingerprint density at radius 2 is 1.64 bits per heavy atom. The average Bonchev–Trinajstić information content (AvgIpc) is 2.04. The Morgan fingerprint density at radius 1 is 1.21 bits per heavy atom. The molecule has 0 amide bonds. The number of hydrogen-bond acceptors (Lipinski definition) is 2. The zero-order valence-corrected chi connectivity index (χ0v) is 9.57. The number of rotatable bonds is 2. The molecule has 0 aliphatic heterocycles. The van der Waals surface area contributed by atoms with Gasteiger partial charge in [0.05, 0.1) is 0 Å². The molecule has 78 valence electrons. The lowest BCUT2D eigenvalue weighted by Gasteiger charge is -2.01. The molecule has 4 heteroatoms. The standard InChI is InChI=1S/C9H9Cl2N.CH5N/c1-6(12)2-7-3-8(10)5-9(11)4-7;1-2/h3-5H,1-2,12H2;2H2,1H3. The van der Waals surface area contributed by atoms with E-state index in [9.17, 15) is 0 Å². The van der Waals surface area contributed by atoms with Crippen LogP contribution in [0.15, 0.2) is 30.5 Å². The first-order valence-electron chi connectivity index (χ1n) is 4.04. The highest BCUT2D eigenvalue weighted by Gasteiger charge is 1.98. The first-order valence-corrected chi connectivity index (χ1v) is 4.79. The molecule has 0 aromatic heterocycles. The van der Waals surface area contributed by atoms with Crippen molar-refractivity contribution in [2.75, 3.05) is 7.05 Å². The van der Waals surface area contributed by atoms with E-state index in [1.54, 1.807) is 6.07 Å². The summed E-state index contributed by atoms with van der Waals surface area (Å²) in [6, 6.07) is 5.34. The van der Waals surface area contributed by atoms with Gasteiger partial charge < -0.3 is 11.5 Å². The molecule has 0 heterocycles. The van der Waals surface area contributed by atoms with Crippen molar-refractivity contribution in [3.05, 3.63) is 46.1 Å². The maximum Gasteiger partial charge on any atom is 0.0423 e. The molecule has 0 unspecified atom stereocenters. The van der Waals surface area contributed by atoms with Crippen LogP contribution in [-0.2, 0) is 6.42 Å². The summed E-state index contributed by atoms with van der Waals surface area (Å²) >= 11 is 11.6. The molecule has 0 fully saturated rings. The van der Waals surface area contributed by atoms with Gasteiger partial charge in [0, 0.05) is 22.2 Å². The summed E-state index contributed by atoms with van der Waals surface area (Å²) in [6.45, 7) is 3.60. The van der Waals surface area contributed by atoms with Crippen LogP contribution < -0.4 is 11.5 Å². The Hall–Kier alpha value is -0.700. The van der Waals surface area contributed by atoms with E-state index in [1.807, 2.05) is 12.1 Å². The smallest absolute Gasteiger partial charge is 0.0423 e. The quantitative estimate of drug-likeness (QED) is 0.824. The molecular weight excluding hydrogens is 219 g/mol. The van der Waals surface area contributed by atoms with Crippen LogP contribution in [0.2, 0.25) is 10.0 Å². The molecule has 0 spiro atoms.